The van der Waals surface area contributed by atoms with E-state index >= 15 is 0 Å². The monoisotopic (exact) mass is 292 g/mol. The Bertz CT molecular complexity index is 626. The average Bonchev–Trinajstić information content (AvgIpc) is 2.68. The van der Waals surface area contributed by atoms with Crippen molar-refractivity contribution in [3.05, 3.63) is 40.6 Å². The van der Waals surface area contributed by atoms with E-state index in [9.17, 15) is 8.42 Å². The van der Waals surface area contributed by atoms with Crippen molar-refractivity contribution in [2.24, 2.45) is 0 Å². The number of nitrogens with one attached hydrogen (secondary N) is 1. The van der Waals surface area contributed by atoms with Crippen molar-refractivity contribution >= 4 is 39.0 Å². The maximum absolute atomic E-state index is 11.9. The lowest BCUT2D eigenvalue weighted by atomic mass is 10.4. The molecular weight excluding hydrogens is 287 g/mol. The molecule has 1 aromatic carbocycles. The van der Waals surface area contributed by atoms with E-state index in [4.69, 9.17) is 23.2 Å². The molecule has 1 N–H and O–H groups in total. The summed E-state index contributed by atoms with van der Waals surface area (Å²) in [6, 6.07) is 5.47. The van der Waals surface area contributed by atoms with E-state index in [0.717, 1.165) is 0 Å². The van der Waals surface area contributed by atoms with Crippen molar-refractivity contribution in [3.8, 4) is 0 Å². The van der Waals surface area contributed by atoms with Gasteiger partial charge in [-0.05, 0) is 18.2 Å². The van der Waals surface area contributed by atoms with Gasteiger partial charge >= 0.3 is 0 Å². The van der Waals surface area contributed by atoms with Crippen LogP contribution in [0.1, 0.15) is 0 Å². The standard InChI is InChI=1S/C9H6Cl2N2O3S/c10-6-1-2-8(7(11)5-6)17(14,15)13-9-3-4-16-12-9/h1-5H,(H,12,13). The zero-order chi connectivity index (χ0) is 12.5. The van der Waals surface area contributed by atoms with Gasteiger partial charge in [-0.3, -0.25) is 4.72 Å². The maximum Gasteiger partial charge on any atom is 0.264 e. The largest absolute Gasteiger partial charge is 0.363 e. The van der Waals surface area contributed by atoms with Gasteiger partial charge in [-0.15, -0.1) is 0 Å². The van der Waals surface area contributed by atoms with Gasteiger partial charge in [-0.25, -0.2) is 8.42 Å². The molecule has 0 atom stereocenters. The Morgan fingerprint density at radius 3 is 2.59 bits per heavy atom. The Hall–Kier alpha value is -1.24. The van der Waals surface area contributed by atoms with Crippen molar-refractivity contribution in [2.45, 2.75) is 4.90 Å². The van der Waals surface area contributed by atoms with E-state index in [1.807, 2.05) is 0 Å². The Balaban J connectivity index is 2.38. The predicted molar refractivity (Wildman–Crippen MR) is 63.8 cm³/mol. The molecule has 2 rings (SSSR count). The fraction of sp³-hybridized carbons (Fsp3) is 0. The Morgan fingerprint density at radius 1 is 1.24 bits per heavy atom. The van der Waals surface area contributed by atoms with Crippen LogP contribution in [0.2, 0.25) is 10.0 Å². The molecule has 0 fully saturated rings. The fourth-order valence-corrected chi connectivity index (χ4v) is 2.92. The highest BCUT2D eigenvalue weighted by Gasteiger charge is 2.19. The molecule has 90 valence electrons. The molecule has 1 heterocycles. The summed E-state index contributed by atoms with van der Waals surface area (Å²) in [4.78, 5) is -0.0773. The van der Waals surface area contributed by atoms with E-state index in [0.29, 0.717) is 5.02 Å². The molecule has 1 aromatic heterocycles. The number of rotatable bonds is 3. The first-order valence-electron chi connectivity index (χ1n) is 4.37. The molecular formula is C9H6Cl2N2O3S. The first-order chi connectivity index (χ1) is 7.99. The Morgan fingerprint density at radius 2 is 2.00 bits per heavy atom. The number of hydrogen-bond acceptors (Lipinski definition) is 4. The Labute approximate surface area is 107 Å². The van der Waals surface area contributed by atoms with Crippen molar-refractivity contribution in [1.82, 2.24) is 5.16 Å². The second-order valence-corrected chi connectivity index (χ2v) is 5.56. The molecule has 0 radical (unpaired) electrons. The van der Waals surface area contributed by atoms with Crippen molar-refractivity contribution in [1.29, 1.82) is 0 Å². The summed E-state index contributed by atoms with van der Waals surface area (Å²) in [5.74, 6) is 0.0796. The molecule has 0 spiro atoms. The van der Waals surface area contributed by atoms with Crippen molar-refractivity contribution in [2.75, 3.05) is 4.72 Å². The van der Waals surface area contributed by atoms with E-state index < -0.39 is 10.0 Å². The lowest BCUT2D eigenvalue weighted by molar-refractivity contribution is 0.423. The number of halogens is 2. The van der Waals surface area contributed by atoms with Crippen molar-refractivity contribution < 1.29 is 12.9 Å². The molecule has 0 saturated heterocycles. The predicted octanol–water partition coefficient (Wildman–Crippen LogP) is 2.78. The summed E-state index contributed by atoms with van der Waals surface area (Å²) in [6.45, 7) is 0. The number of hydrogen-bond donors (Lipinski definition) is 1. The van der Waals surface area contributed by atoms with Gasteiger partial charge in [0.15, 0.2) is 5.82 Å². The van der Waals surface area contributed by atoms with Gasteiger partial charge in [0.2, 0.25) is 0 Å². The topological polar surface area (TPSA) is 72.2 Å². The molecule has 0 amide bonds. The highest BCUT2D eigenvalue weighted by molar-refractivity contribution is 7.92. The lowest BCUT2D eigenvalue weighted by Crippen LogP contribution is -2.13. The van der Waals surface area contributed by atoms with E-state index in [-0.39, 0.29) is 15.7 Å². The molecule has 8 heteroatoms. The SMILES string of the molecule is O=S(=O)(Nc1ccon1)c1ccc(Cl)cc1Cl. The van der Waals surface area contributed by atoms with Crippen LogP contribution in [0.25, 0.3) is 0 Å². The summed E-state index contributed by atoms with van der Waals surface area (Å²) in [7, 11) is -3.79. The minimum Gasteiger partial charge on any atom is -0.363 e. The van der Waals surface area contributed by atoms with Crippen LogP contribution in [-0.4, -0.2) is 13.6 Å². The molecule has 0 aliphatic carbocycles. The van der Waals surface area contributed by atoms with Crippen LogP contribution in [0.5, 0.6) is 0 Å². The average molecular weight is 293 g/mol. The second-order valence-electron chi connectivity index (χ2n) is 3.06. The molecule has 2 aromatic rings. The smallest absolute Gasteiger partial charge is 0.264 e. The summed E-state index contributed by atoms with van der Waals surface area (Å²) < 4.78 is 30.6. The van der Waals surface area contributed by atoms with Crippen LogP contribution in [0.4, 0.5) is 5.82 Å². The van der Waals surface area contributed by atoms with E-state index in [1.54, 1.807) is 0 Å². The van der Waals surface area contributed by atoms with Crippen LogP contribution < -0.4 is 4.72 Å². The number of sulfonamides is 1. The molecule has 0 bridgehead atoms. The zero-order valence-electron chi connectivity index (χ0n) is 8.22. The Kier molecular flexibility index (Phi) is 3.28. The van der Waals surface area contributed by atoms with E-state index in [1.165, 1.54) is 30.5 Å². The molecule has 17 heavy (non-hydrogen) atoms. The zero-order valence-corrected chi connectivity index (χ0v) is 10.6. The van der Waals surface area contributed by atoms with Gasteiger partial charge in [0.05, 0.1) is 5.02 Å². The number of nitrogens with zero attached hydrogens (tertiary/aromatic N) is 1. The number of aromatic nitrogens is 1. The number of benzene rings is 1. The minimum absolute atomic E-state index is 0.0356. The quantitative estimate of drug-likeness (QED) is 0.944. The van der Waals surface area contributed by atoms with Crippen LogP contribution in [0.15, 0.2) is 39.9 Å². The van der Waals surface area contributed by atoms with Crippen LogP contribution in [-0.2, 0) is 10.0 Å². The highest BCUT2D eigenvalue weighted by atomic mass is 35.5. The van der Waals surface area contributed by atoms with Gasteiger partial charge in [0, 0.05) is 11.1 Å². The van der Waals surface area contributed by atoms with Gasteiger partial charge in [0.1, 0.15) is 11.2 Å². The molecule has 0 aliphatic heterocycles. The summed E-state index contributed by atoms with van der Waals surface area (Å²) >= 11 is 11.5. The fourth-order valence-electron chi connectivity index (χ4n) is 1.15. The molecule has 5 nitrogen and oxygen atoms in total. The first-order valence-corrected chi connectivity index (χ1v) is 6.61. The van der Waals surface area contributed by atoms with Crippen LogP contribution in [0, 0.1) is 0 Å². The molecule has 0 aliphatic rings. The van der Waals surface area contributed by atoms with Gasteiger partial charge < -0.3 is 4.52 Å². The third kappa shape index (κ3) is 2.71. The second kappa shape index (κ2) is 4.56. The normalized spacial score (nSPS) is 11.4. The molecule has 0 unspecified atom stereocenters. The third-order valence-electron chi connectivity index (χ3n) is 1.86. The third-order valence-corrected chi connectivity index (χ3v) is 3.93. The van der Waals surface area contributed by atoms with Gasteiger partial charge in [0.25, 0.3) is 10.0 Å². The molecule has 0 saturated carbocycles. The highest BCUT2D eigenvalue weighted by Crippen LogP contribution is 2.26. The van der Waals surface area contributed by atoms with Crippen LogP contribution >= 0.6 is 23.2 Å². The summed E-state index contributed by atoms with van der Waals surface area (Å²) in [5.41, 5.74) is 0. The number of anilines is 1. The summed E-state index contributed by atoms with van der Waals surface area (Å²) in [6.07, 6.45) is 1.25. The maximum atomic E-state index is 11.9. The lowest BCUT2D eigenvalue weighted by Gasteiger charge is -2.06. The van der Waals surface area contributed by atoms with Crippen molar-refractivity contribution in [3.63, 3.8) is 0 Å². The first kappa shape index (κ1) is 12.2. The summed E-state index contributed by atoms with van der Waals surface area (Å²) in [5, 5.41) is 3.83. The van der Waals surface area contributed by atoms with Gasteiger partial charge in [-0.2, -0.15) is 0 Å². The minimum atomic E-state index is -3.79. The van der Waals surface area contributed by atoms with Crippen LogP contribution in [0.3, 0.4) is 0 Å². The van der Waals surface area contributed by atoms with E-state index in [2.05, 4.69) is 14.4 Å². The van der Waals surface area contributed by atoms with Gasteiger partial charge in [-0.1, -0.05) is 28.4 Å².